The zero-order valence-corrected chi connectivity index (χ0v) is 17.3. The number of hydrogen-bond donors (Lipinski definition) is 1. The van der Waals surface area contributed by atoms with Crippen molar-refractivity contribution in [1.82, 2.24) is 20.1 Å². The van der Waals surface area contributed by atoms with Gasteiger partial charge < -0.3 is 14.8 Å². The van der Waals surface area contributed by atoms with Crippen molar-refractivity contribution in [2.75, 3.05) is 18.0 Å². The average Bonchev–Trinajstić information content (AvgIpc) is 2.96. The second kappa shape index (κ2) is 9.07. The summed E-state index contributed by atoms with van der Waals surface area (Å²) >= 11 is 1.42. The van der Waals surface area contributed by atoms with Gasteiger partial charge in [0, 0.05) is 37.4 Å². The molecule has 1 aromatic carbocycles. The summed E-state index contributed by atoms with van der Waals surface area (Å²) in [7, 11) is 1.93. The molecule has 7 heteroatoms. The van der Waals surface area contributed by atoms with Gasteiger partial charge in [-0.15, -0.1) is 10.2 Å². The molecule has 0 aliphatic heterocycles. The van der Waals surface area contributed by atoms with Crippen LogP contribution in [-0.2, 0) is 11.8 Å². The second-order valence-corrected chi connectivity index (χ2v) is 7.82. The summed E-state index contributed by atoms with van der Waals surface area (Å²) in [6, 6.07) is 8.50. The number of aromatic nitrogens is 3. The minimum absolute atomic E-state index is 0.0122. The maximum atomic E-state index is 12.1. The summed E-state index contributed by atoms with van der Waals surface area (Å²) in [5.74, 6) is 0.813. The van der Waals surface area contributed by atoms with Crippen molar-refractivity contribution in [3.8, 4) is 11.4 Å². The molecule has 0 aliphatic rings. The Labute approximate surface area is 160 Å². The van der Waals surface area contributed by atoms with Gasteiger partial charge in [0.1, 0.15) is 0 Å². The predicted molar refractivity (Wildman–Crippen MR) is 109 cm³/mol. The number of thioether (sulfide) groups is 1. The lowest BCUT2D eigenvalue weighted by atomic mass is 10.2. The first-order chi connectivity index (χ1) is 12.4. The third-order valence-corrected chi connectivity index (χ3v) is 5.31. The third kappa shape index (κ3) is 4.78. The smallest absolute Gasteiger partial charge is 0.233 e. The molecule has 0 spiro atoms. The normalized spacial score (nSPS) is 12.3. The van der Waals surface area contributed by atoms with Crippen LogP contribution >= 0.6 is 11.8 Å². The topological polar surface area (TPSA) is 63.1 Å². The fourth-order valence-corrected chi connectivity index (χ4v) is 3.52. The Bertz CT molecular complexity index is 722. The highest BCUT2D eigenvalue weighted by Gasteiger charge is 2.19. The number of carbonyl (C=O) groups excluding carboxylic acids is 1. The molecule has 1 heterocycles. The Morgan fingerprint density at radius 3 is 2.31 bits per heavy atom. The molecule has 1 N–H and O–H groups in total. The first-order valence-electron chi connectivity index (χ1n) is 9.09. The number of nitrogens with one attached hydrogen (secondary N) is 1. The summed E-state index contributed by atoms with van der Waals surface area (Å²) in [5.41, 5.74) is 2.22. The van der Waals surface area contributed by atoms with E-state index in [4.69, 9.17) is 0 Å². The van der Waals surface area contributed by atoms with Crippen molar-refractivity contribution >= 4 is 23.4 Å². The van der Waals surface area contributed by atoms with Gasteiger partial charge in [0.2, 0.25) is 5.91 Å². The number of benzene rings is 1. The van der Waals surface area contributed by atoms with E-state index in [1.54, 1.807) is 0 Å². The molecule has 26 heavy (non-hydrogen) atoms. The van der Waals surface area contributed by atoms with Gasteiger partial charge in [0.25, 0.3) is 0 Å². The van der Waals surface area contributed by atoms with Gasteiger partial charge >= 0.3 is 0 Å². The molecule has 0 radical (unpaired) electrons. The van der Waals surface area contributed by atoms with Crippen LogP contribution in [0.5, 0.6) is 0 Å². The summed E-state index contributed by atoms with van der Waals surface area (Å²) < 4.78 is 1.94. The lowest BCUT2D eigenvalue weighted by Gasteiger charge is -2.21. The molecule has 1 unspecified atom stereocenters. The van der Waals surface area contributed by atoms with Crippen LogP contribution in [-0.4, -0.2) is 45.1 Å². The van der Waals surface area contributed by atoms with Gasteiger partial charge in [0.05, 0.1) is 5.25 Å². The van der Waals surface area contributed by atoms with E-state index in [0.717, 1.165) is 29.6 Å². The van der Waals surface area contributed by atoms with Crippen molar-refractivity contribution in [2.24, 2.45) is 7.05 Å². The molecule has 0 saturated carbocycles. The standard InChI is InChI=1S/C19H29N5OS/c1-7-24(8-2)16-11-9-15(10-12-16)17-21-22-19(23(17)6)26-14(5)18(25)20-13(3)4/h9-14H,7-8H2,1-6H3,(H,20,25). The van der Waals surface area contributed by atoms with Crippen LogP contribution in [0.3, 0.4) is 0 Å². The molecule has 1 atom stereocenters. The zero-order valence-electron chi connectivity index (χ0n) is 16.5. The van der Waals surface area contributed by atoms with Gasteiger partial charge in [-0.2, -0.15) is 0 Å². The van der Waals surface area contributed by atoms with Gasteiger partial charge in [-0.3, -0.25) is 4.79 Å². The summed E-state index contributed by atoms with van der Waals surface area (Å²) in [6.07, 6.45) is 0. The highest BCUT2D eigenvalue weighted by Crippen LogP contribution is 2.27. The van der Waals surface area contributed by atoms with E-state index in [1.807, 2.05) is 32.4 Å². The Kier molecular flexibility index (Phi) is 7.08. The number of rotatable bonds is 8. The van der Waals surface area contributed by atoms with E-state index in [9.17, 15) is 4.79 Å². The number of anilines is 1. The van der Waals surface area contributed by atoms with Crippen molar-refractivity contribution in [3.63, 3.8) is 0 Å². The monoisotopic (exact) mass is 375 g/mol. The highest BCUT2D eigenvalue weighted by molar-refractivity contribution is 8.00. The number of hydrogen-bond acceptors (Lipinski definition) is 5. The van der Waals surface area contributed by atoms with Crippen LogP contribution in [0.4, 0.5) is 5.69 Å². The van der Waals surface area contributed by atoms with Crippen LogP contribution in [0.15, 0.2) is 29.4 Å². The molecular weight excluding hydrogens is 346 g/mol. The first kappa shape index (κ1) is 20.3. The Hall–Kier alpha value is -2.02. The fourth-order valence-electron chi connectivity index (χ4n) is 2.69. The lowest BCUT2D eigenvalue weighted by molar-refractivity contribution is -0.120. The number of amides is 1. The molecule has 0 saturated heterocycles. The van der Waals surface area contributed by atoms with Gasteiger partial charge in [-0.1, -0.05) is 11.8 Å². The Morgan fingerprint density at radius 1 is 1.15 bits per heavy atom. The summed E-state index contributed by atoms with van der Waals surface area (Å²) in [6.45, 7) is 12.1. The largest absolute Gasteiger partial charge is 0.372 e. The van der Waals surface area contributed by atoms with E-state index in [1.165, 1.54) is 17.4 Å². The molecule has 142 valence electrons. The molecule has 2 aromatic rings. The minimum atomic E-state index is -0.224. The van der Waals surface area contributed by atoms with Crippen molar-refractivity contribution in [2.45, 2.75) is 51.1 Å². The molecule has 0 fully saturated rings. The molecule has 2 rings (SSSR count). The summed E-state index contributed by atoms with van der Waals surface area (Å²) in [4.78, 5) is 14.4. The molecule has 0 bridgehead atoms. The maximum Gasteiger partial charge on any atom is 0.233 e. The first-order valence-corrected chi connectivity index (χ1v) is 9.97. The third-order valence-electron chi connectivity index (χ3n) is 4.17. The molecule has 1 amide bonds. The van der Waals surface area contributed by atoms with E-state index < -0.39 is 0 Å². The van der Waals surface area contributed by atoms with Gasteiger partial charge in [-0.25, -0.2) is 0 Å². The highest BCUT2D eigenvalue weighted by atomic mass is 32.2. The van der Waals surface area contributed by atoms with Crippen molar-refractivity contribution in [3.05, 3.63) is 24.3 Å². The van der Waals surface area contributed by atoms with Crippen molar-refractivity contribution < 1.29 is 4.79 Å². The lowest BCUT2D eigenvalue weighted by Crippen LogP contribution is -2.36. The SMILES string of the molecule is CCN(CC)c1ccc(-c2nnc(SC(C)C(=O)NC(C)C)n2C)cc1. The van der Waals surface area contributed by atoms with E-state index >= 15 is 0 Å². The quantitative estimate of drug-likeness (QED) is 0.717. The average molecular weight is 376 g/mol. The van der Waals surface area contributed by atoms with E-state index in [2.05, 4.69) is 58.5 Å². The Morgan fingerprint density at radius 2 is 1.77 bits per heavy atom. The van der Waals surface area contributed by atoms with Crippen LogP contribution in [0.1, 0.15) is 34.6 Å². The van der Waals surface area contributed by atoms with Gasteiger partial charge in [0.15, 0.2) is 11.0 Å². The minimum Gasteiger partial charge on any atom is -0.372 e. The second-order valence-electron chi connectivity index (χ2n) is 6.51. The predicted octanol–water partition coefficient (Wildman–Crippen LogP) is 3.33. The number of nitrogens with zero attached hydrogens (tertiary/aromatic N) is 4. The molecule has 1 aromatic heterocycles. The van der Waals surface area contributed by atoms with Gasteiger partial charge in [-0.05, 0) is 58.9 Å². The van der Waals surface area contributed by atoms with Crippen LogP contribution in [0, 0.1) is 0 Å². The summed E-state index contributed by atoms with van der Waals surface area (Å²) in [5, 5.41) is 12.0. The number of carbonyl (C=O) groups is 1. The van der Waals surface area contributed by atoms with Crippen molar-refractivity contribution in [1.29, 1.82) is 0 Å². The van der Waals surface area contributed by atoms with E-state index in [-0.39, 0.29) is 17.2 Å². The van der Waals surface area contributed by atoms with Crippen LogP contribution in [0.2, 0.25) is 0 Å². The Balaban J connectivity index is 2.14. The maximum absolute atomic E-state index is 12.1. The molecule has 0 aliphatic carbocycles. The fraction of sp³-hybridized carbons (Fsp3) is 0.526. The van der Waals surface area contributed by atoms with Crippen LogP contribution < -0.4 is 10.2 Å². The van der Waals surface area contributed by atoms with E-state index in [0.29, 0.717) is 0 Å². The van der Waals surface area contributed by atoms with Crippen LogP contribution in [0.25, 0.3) is 11.4 Å². The zero-order chi connectivity index (χ0) is 19.3. The molecular formula is C19H29N5OS. The molecule has 6 nitrogen and oxygen atoms in total.